The van der Waals surface area contributed by atoms with Crippen LogP contribution in [0.25, 0.3) is 33.4 Å². The third-order valence-corrected chi connectivity index (χ3v) is 10.5. The van der Waals surface area contributed by atoms with E-state index >= 15 is 0 Å². The quantitative estimate of drug-likeness (QED) is 0.0353. The number of rotatable bonds is 18. The Balaban J connectivity index is 0.00000720. The number of hydrogen-bond donors (Lipinski definition) is 1. The van der Waals surface area contributed by atoms with E-state index < -0.39 is 45.5 Å². The van der Waals surface area contributed by atoms with E-state index in [1.54, 1.807) is 18.2 Å². The molecule has 2 aromatic carbocycles. The van der Waals surface area contributed by atoms with Gasteiger partial charge >= 0.3 is 35.5 Å². The van der Waals surface area contributed by atoms with Crippen molar-refractivity contribution in [2.45, 2.75) is 65.7 Å². The Morgan fingerprint density at radius 2 is 1.61 bits per heavy atom. The van der Waals surface area contributed by atoms with E-state index in [-0.39, 0.29) is 72.9 Å². The zero-order chi connectivity index (χ0) is 40.6. The van der Waals surface area contributed by atoms with E-state index in [4.69, 9.17) is 9.25 Å². The molecule has 1 aliphatic carbocycles. The molecule has 0 unspecified atom stereocenters. The number of hydroxylamine groups is 2. The maximum atomic E-state index is 13.2. The molecule has 0 radical (unpaired) electrons. The standard InChI is InChI=1S/C40H46N4O11S.Na/c1-4-42(5-2)27-13-16-30-33(24-27)54-34-25-28(43(6-3)21-10-22-56(51,52)53)14-17-31(34)38(30)29-15-12-26(23-32(29)40(49)50)39(48)41-20-9-7-8-11-37(47)55-44-35(45)18-19-36(44)46;/h12-17,23-25H,4-11,18-22H2,1-3H3,(H2-,41,48,49,50,51,52,53);/q;+1/p-1. The Bertz CT molecular complexity index is 2290. The second-order valence-corrected chi connectivity index (χ2v) is 14.9. The van der Waals surface area contributed by atoms with Crippen LogP contribution in [0.4, 0.5) is 5.69 Å². The molecule has 298 valence electrons. The second kappa shape index (κ2) is 20.2. The Morgan fingerprint density at radius 3 is 2.26 bits per heavy atom. The van der Waals surface area contributed by atoms with Gasteiger partial charge < -0.3 is 33.9 Å². The third kappa shape index (κ3) is 11.3. The SMILES string of the molecule is CCN(CC)c1ccc2c(-c3ccc(C(=O)NCCCCCC(=O)ON4C(=O)CCC4=O)cc3C(=O)[O-])c3ccc(=[N+](CC)CCCS(=O)(=O)[O-])cc-3oc2c1.[Na+]. The van der Waals surface area contributed by atoms with Crippen molar-refractivity contribution < 1.29 is 80.9 Å². The summed E-state index contributed by atoms with van der Waals surface area (Å²) in [4.78, 5) is 68.2. The van der Waals surface area contributed by atoms with Crippen molar-refractivity contribution in [1.82, 2.24) is 15.0 Å². The minimum absolute atomic E-state index is 0. The number of carboxylic acid groups (broad SMARTS) is 1. The summed E-state index contributed by atoms with van der Waals surface area (Å²) in [5.74, 6) is -3.82. The molecule has 0 aromatic heterocycles. The molecule has 1 fully saturated rings. The maximum absolute atomic E-state index is 13.2. The molecular weight excluding hydrogens is 768 g/mol. The molecule has 3 aliphatic rings. The van der Waals surface area contributed by atoms with Gasteiger partial charge in [-0.3, -0.25) is 14.4 Å². The second-order valence-electron chi connectivity index (χ2n) is 13.4. The molecule has 2 aromatic rings. The van der Waals surface area contributed by atoms with Crippen LogP contribution >= 0.6 is 0 Å². The number of amides is 3. The number of benzene rings is 3. The number of carbonyl (C=O) groups is 5. The van der Waals surface area contributed by atoms with Crippen LogP contribution in [0.2, 0.25) is 0 Å². The van der Waals surface area contributed by atoms with Crippen molar-refractivity contribution in [1.29, 1.82) is 0 Å². The summed E-state index contributed by atoms with van der Waals surface area (Å²) in [5, 5.41) is 17.4. The first-order valence-corrected chi connectivity index (χ1v) is 20.3. The summed E-state index contributed by atoms with van der Waals surface area (Å²) in [6.07, 6.45) is 1.60. The van der Waals surface area contributed by atoms with Gasteiger partial charge in [0, 0.05) is 96.5 Å². The van der Waals surface area contributed by atoms with Gasteiger partial charge in [0.15, 0.2) is 0 Å². The number of unbranched alkanes of at least 4 members (excludes halogenated alkanes) is 2. The number of anilines is 1. The van der Waals surface area contributed by atoms with Crippen molar-refractivity contribution in [3.63, 3.8) is 0 Å². The Hall–Kier alpha value is -4.61. The van der Waals surface area contributed by atoms with E-state index in [0.29, 0.717) is 70.8 Å². The van der Waals surface area contributed by atoms with Crippen molar-refractivity contribution in [3.8, 4) is 22.5 Å². The third-order valence-electron chi connectivity index (χ3n) is 9.70. The van der Waals surface area contributed by atoms with Crippen molar-refractivity contribution in [2.24, 2.45) is 0 Å². The van der Waals surface area contributed by atoms with E-state index in [2.05, 4.69) is 10.2 Å². The van der Waals surface area contributed by atoms with Crippen LogP contribution < -0.4 is 54.8 Å². The van der Waals surface area contributed by atoms with Gasteiger partial charge in [0.1, 0.15) is 24.4 Å². The van der Waals surface area contributed by atoms with E-state index in [1.807, 2.05) is 49.6 Å². The number of fused-ring (bicyclic) bond motifs is 2. The zero-order valence-electron chi connectivity index (χ0n) is 32.6. The fourth-order valence-corrected chi connectivity index (χ4v) is 7.28. The molecule has 1 saturated heterocycles. The first kappa shape index (κ1) is 45.1. The van der Waals surface area contributed by atoms with Gasteiger partial charge in [-0.1, -0.05) is 12.5 Å². The maximum Gasteiger partial charge on any atom is 1.00 e. The summed E-state index contributed by atoms with van der Waals surface area (Å²) < 4.78 is 42.1. The minimum Gasteiger partial charge on any atom is -0.748 e. The van der Waals surface area contributed by atoms with Gasteiger partial charge in [-0.05, 0) is 69.5 Å². The molecule has 2 heterocycles. The molecule has 2 aliphatic heterocycles. The predicted molar refractivity (Wildman–Crippen MR) is 204 cm³/mol. The van der Waals surface area contributed by atoms with Gasteiger partial charge in [0.2, 0.25) is 5.36 Å². The van der Waals surface area contributed by atoms with Crippen molar-refractivity contribution in [2.75, 3.05) is 43.4 Å². The van der Waals surface area contributed by atoms with Gasteiger partial charge in [0.25, 0.3) is 17.7 Å². The van der Waals surface area contributed by atoms with Crippen molar-refractivity contribution in [3.05, 3.63) is 71.1 Å². The Morgan fingerprint density at radius 1 is 0.912 bits per heavy atom. The van der Waals surface area contributed by atoms with E-state index in [9.17, 15) is 42.0 Å². The average Bonchev–Trinajstić information content (AvgIpc) is 3.48. The van der Waals surface area contributed by atoms with Gasteiger partial charge in [-0.25, -0.2) is 17.8 Å². The number of aromatic carboxylic acids is 1. The smallest absolute Gasteiger partial charge is 0.748 e. The van der Waals surface area contributed by atoms with Gasteiger partial charge in [-0.2, -0.15) is 0 Å². The number of hydrogen-bond acceptors (Lipinski definition) is 12. The first-order valence-electron chi connectivity index (χ1n) is 18.7. The zero-order valence-corrected chi connectivity index (χ0v) is 35.4. The van der Waals surface area contributed by atoms with E-state index in [1.165, 1.54) is 12.1 Å². The minimum atomic E-state index is -4.37. The summed E-state index contributed by atoms with van der Waals surface area (Å²) >= 11 is 0. The normalized spacial score (nSPS) is 13.4. The molecule has 57 heavy (non-hydrogen) atoms. The van der Waals surface area contributed by atoms with Gasteiger partial charge in [0.05, 0.1) is 22.2 Å². The molecular formula is C40H45N4NaO11S. The Kier molecular flexibility index (Phi) is 16.0. The fourth-order valence-electron chi connectivity index (χ4n) is 6.79. The molecule has 5 rings (SSSR count). The number of nitrogens with zero attached hydrogens (tertiary/aromatic N) is 3. The molecule has 3 amide bonds. The summed E-state index contributed by atoms with van der Waals surface area (Å²) in [6, 6.07) is 15.5. The van der Waals surface area contributed by atoms with Crippen LogP contribution in [-0.4, -0.2) is 86.2 Å². The Labute approximate surface area is 353 Å². The molecule has 15 nitrogen and oxygen atoms in total. The predicted octanol–water partition coefficient (Wildman–Crippen LogP) is 0.0431. The molecule has 0 atom stereocenters. The molecule has 0 bridgehead atoms. The van der Waals surface area contributed by atoms with Crippen LogP contribution in [-0.2, 0) is 29.3 Å². The molecule has 1 N–H and O–H groups in total. The van der Waals surface area contributed by atoms with Crippen molar-refractivity contribution >= 4 is 56.4 Å². The first-order chi connectivity index (χ1) is 26.7. The van der Waals surface area contributed by atoms with Crippen LogP contribution in [0.15, 0.2) is 59.0 Å². The average molecular weight is 813 g/mol. The summed E-state index contributed by atoms with van der Waals surface area (Å²) in [5.41, 5.74) is 2.77. The summed E-state index contributed by atoms with van der Waals surface area (Å²) in [6.45, 7) is 8.55. The topological polar surface area (TPSA) is 210 Å². The van der Waals surface area contributed by atoms with Gasteiger partial charge in [-0.15, -0.1) is 5.06 Å². The van der Waals surface area contributed by atoms with Crippen LogP contribution in [0.1, 0.15) is 86.4 Å². The number of carbonyl (C=O) groups excluding carboxylic acids is 5. The number of nitrogens with one attached hydrogen (secondary N) is 1. The largest absolute Gasteiger partial charge is 1.00 e. The molecule has 17 heteroatoms. The summed E-state index contributed by atoms with van der Waals surface area (Å²) in [7, 11) is -4.37. The number of imide groups is 1. The molecule has 0 spiro atoms. The van der Waals surface area contributed by atoms with E-state index in [0.717, 1.165) is 24.1 Å². The van der Waals surface area contributed by atoms with Crippen LogP contribution in [0, 0.1) is 0 Å². The fraction of sp³-hybridized carbons (Fsp3) is 0.400. The molecule has 0 saturated carbocycles. The number of carboxylic acids is 1. The monoisotopic (exact) mass is 812 g/mol. The van der Waals surface area contributed by atoms with Crippen LogP contribution in [0.3, 0.4) is 0 Å². The van der Waals surface area contributed by atoms with Crippen LogP contribution in [0.5, 0.6) is 0 Å².